The number of amides is 2. The van der Waals surface area contributed by atoms with Crippen molar-refractivity contribution in [3.63, 3.8) is 0 Å². The van der Waals surface area contributed by atoms with Crippen molar-refractivity contribution in [2.45, 2.75) is 46.4 Å². The second-order valence-corrected chi connectivity index (χ2v) is 9.27. The summed E-state index contributed by atoms with van der Waals surface area (Å²) < 4.78 is 19.6. The Balaban J connectivity index is 1.76. The summed E-state index contributed by atoms with van der Waals surface area (Å²) in [5.74, 6) is 0. The molecule has 0 saturated carbocycles. The molecule has 196 valence electrons. The second-order valence-electron chi connectivity index (χ2n) is 9.27. The van der Waals surface area contributed by atoms with Gasteiger partial charge in [0, 0.05) is 17.9 Å². The van der Waals surface area contributed by atoms with Gasteiger partial charge in [-0.1, -0.05) is 41.6 Å². The maximum Gasteiger partial charge on any atom is 0.415 e. The average Bonchev–Trinajstić information content (AvgIpc) is 3.29. The van der Waals surface area contributed by atoms with Crippen molar-refractivity contribution < 1.29 is 23.8 Å². The number of carbonyl (C=O) groups excluding carboxylic acids is 1. The van der Waals surface area contributed by atoms with E-state index in [-0.39, 0.29) is 13.1 Å². The van der Waals surface area contributed by atoms with Gasteiger partial charge in [0.1, 0.15) is 18.0 Å². The smallest absolute Gasteiger partial charge is 0.415 e. The summed E-state index contributed by atoms with van der Waals surface area (Å²) in [7, 11) is 0. The second kappa shape index (κ2) is 12.2. The van der Waals surface area contributed by atoms with Crippen LogP contribution in [0.25, 0.3) is 12.2 Å². The first-order valence-electron chi connectivity index (χ1n) is 11.9. The third kappa shape index (κ3) is 7.89. The van der Waals surface area contributed by atoms with Gasteiger partial charge in [-0.15, -0.1) is 5.10 Å². The van der Waals surface area contributed by atoms with Crippen LogP contribution in [0.4, 0.5) is 25.4 Å². The molecule has 1 N–H and O–H groups in total. The van der Waals surface area contributed by atoms with Crippen LogP contribution in [0.2, 0.25) is 0 Å². The molecule has 3 aromatic rings. The third-order valence-corrected chi connectivity index (χ3v) is 5.26. The Morgan fingerprint density at radius 2 is 1.54 bits per heavy atom. The lowest BCUT2D eigenvalue weighted by atomic mass is 10.1. The minimum atomic E-state index is -0.990. The maximum absolute atomic E-state index is 13.0. The van der Waals surface area contributed by atoms with E-state index in [0.717, 1.165) is 11.1 Å². The van der Waals surface area contributed by atoms with Gasteiger partial charge in [-0.3, -0.25) is 9.80 Å². The number of rotatable bonds is 9. The van der Waals surface area contributed by atoms with Gasteiger partial charge in [0.25, 0.3) is 0 Å². The Morgan fingerprint density at radius 3 is 2.00 bits per heavy atom. The minimum absolute atomic E-state index is 0.0968. The van der Waals surface area contributed by atoms with E-state index in [9.17, 15) is 19.1 Å². The molecule has 0 saturated heterocycles. The number of anilines is 2. The van der Waals surface area contributed by atoms with Gasteiger partial charge in [-0.2, -0.15) is 0 Å². The van der Waals surface area contributed by atoms with Gasteiger partial charge in [-0.05, 0) is 63.1 Å². The third-order valence-electron chi connectivity index (χ3n) is 5.26. The molecule has 1 aromatic heterocycles. The van der Waals surface area contributed by atoms with E-state index in [2.05, 4.69) is 10.3 Å². The van der Waals surface area contributed by atoms with Gasteiger partial charge in [0.15, 0.2) is 0 Å². The monoisotopic (exact) mass is 509 g/mol. The molecular weight excluding hydrogens is 477 g/mol. The number of carbonyl (C=O) groups is 2. The molecule has 1 heterocycles. The van der Waals surface area contributed by atoms with Crippen LogP contribution in [0.5, 0.6) is 0 Å². The molecule has 0 radical (unpaired) electrons. The van der Waals surface area contributed by atoms with Crippen molar-refractivity contribution in [1.29, 1.82) is 0 Å². The van der Waals surface area contributed by atoms with Crippen LogP contribution in [0.3, 0.4) is 0 Å². The highest BCUT2D eigenvalue weighted by Gasteiger charge is 2.24. The number of aromatic nitrogens is 3. The molecule has 0 unspecified atom stereocenters. The fraction of sp³-hybridized carbons (Fsp3) is 0.333. The first kappa shape index (κ1) is 27.4. The Labute approximate surface area is 215 Å². The lowest BCUT2D eigenvalue weighted by molar-refractivity contribution is 0.0577. The van der Waals surface area contributed by atoms with Crippen molar-refractivity contribution in [3.8, 4) is 0 Å². The highest BCUT2D eigenvalue weighted by molar-refractivity contribution is 5.88. The summed E-state index contributed by atoms with van der Waals surface area (Å²) in [5, 5.41) is 17.2. The number of halogens is 1. The normalized spacial score (nSPS) is 11.5. The van der Waals surface area contributed by atoms with Gasteiger partial charge in [-0.25, -0.2) is 18.7 Å². The molecule has 3 rings (SSSR count). The zero-order valence-electron chi connectivity index (χ0n) is 21.5. The Kier molecular flexibility index (Phi) is 9.00. The molecule has 37 heavy (non-hydrogen) atoms. The Bertz CT molecular complexity index is 1220. The number of carboxylic acid groups (broad SMARTS) is 1. The standard InChI is InChI=1S/C27H32FN5O4/c1-5-32(25(34)35)23-12-8-20(9-13-23)6-7-21-10-14-24(15-11-21)33(26(36)37-27(2,3)4)19-22-18-31(17-16-28)30-29-22/h6-15,18H,5,16-17,19H2,1-4H3,(H,34,35). The zero-order valence-corrected chi connectivity index (χ0v) is 21.5. The molecule has 0 fully saturated rings. The quantitative estimate of drug-likeness (QED) is 0.363. The van der Waals surface area contributed by atoms with Crippen molar-refractivity contribution >= 4 is 35.7 Å². The van der Waals surface area contributed by atoms with E-state index in [1.165, 1.54) is 14.5 Å². The number of ether oxygens (including phenoxy) is 1. The van der Waals surface area contributed by atoms with Gasteiger partial charge in [0.05, 0.1) is 19.3 Å². The van der Waals surface area contributed by atoms with Crippen LogP contribution in [0.15, 0.2) is 54.7 Å². The molecule has 9 nitrogen and oxygen atoms in total. The van der Waals surface area contributed by atoms with Crippen LogP contribution in [-0.4, -0.2) is 51.1 Å². The molecule has 0 aliphatic carbocycles. The maximum atomic E-state index is 13.0. The van der Waals surface area contributed by atoms with Crippen LogP contribution in [0, 0.1) is 0 Å². The molecule has 0 aliphatic rings. The fourth-order valence-electron chi connectivity index (χ4n) is 3.50. The van der Waals surface area contributed by atoms with E-state index >= 15 is 0 Å². The van der Waals surface area contributed by atoms with Crippen molar-refractivity contribution in [2.24, 2.45) is 0 Å². The fourth-order valence-corrected chi connectivity index (χ4v) is 3.50. The zero-order chi connectivity index (χ0) is 27.0. The molecule has 0 bridgehead atoms. The van der Waals surface area contributed by atoms with E-state index < -0.39 is 24.5 Å². The first-order chi connectivity index (χ1) is 17.6. The summed E-state index contributed by atoms with van der Waals surface area (Å²) in [6.07, 6.45) is 3.93. The highest BCUT2D eigenvalue weighted by Crippen LogP contribution is 2.22. The molecule has 2 amide bonds. The van der Waals surface area contributed by atoms with E-state index in [4.69, 9.17) is 4.74 Å². The SMILES string of the molecule is CCN(C(=O)O)c1ccc(C=Cc2ccc(N(Cc3cn(CCF)nn3)C(=O)OC(C)(C)C)cc2)cc1. The molecule has 0 spiro atoms. The Hall–Kier alpha value is -4.21. The van der Waals surface area contributed by atoms with Crippen molar-refractivity contribution in [3.05, 3.63) is 71.5 Å². The molecular formula is C27H32FN5O4. The molecule has 2 aromatic carbocycles. The number of aryl methyl sites for hydroxylation is 1. The number of alkyl halides is 1. The van der Waals surface area contributed by atoms with Gasteiger partial charge in [0.2, 0.25) is 0 Å². The lowest BCUT2D eigenvalue weighted by Gasteiger charge is -2.27. The molecule has 0 aliphatic heterocycles. The van der Waals surface area contributed by atoms with Crippen LogP contribution >= 0.6 is 0 Å². The average molecular weight is 510 g/mol. The molecule has 0 atom stereocenters. The summed E-state index contributed by atoms with van der Waals surface area (Å²) in [4.78, 5) is 27.0. The summed E-state index contributed by atoms with van der Waals surface area (Å²) in [6.45, 7) is 7.19. The number of benzene rings is 2. The van der Waals surface area contributed by atoms with Crippen LogP contribution in [-0.2, 0) is 17.8 Å². The lowest BCUT2D eigenvalue weighted by Crippen LogP contribution is -2.36. The highest BCUT2D eigenvalue weighted by atomic mass is 19.1. The predicted octanol–water partition coefficient (Wildman–Crippen LogP) is 5.86. The summed E-state index contributed by atoms with van der Waals surface area (Å²) >= 11 is 0. The van der Waals surface area contributed by atoms with Crippen LogP contribution < -0.4 is 9.80 Å². The van der Waals surface area contributed by atoms with E-state index in [1.807, 2.05) is 48.6 Å². The van der Waals surface area contributed by atoms with Gasteiger partial charge < -0.3 is 9.84 Å². The number of hydrogen-bond donors (Lipinski definition) is 1. The van der Waals surface area contributed by atoms with Gasteiger partial charge >= 0.3 is 12.2 Å². The van der Waals surface area contributed by atoms with E-state index in [1.54, 1.807) is 46.0 Å². The summed E-state index contributed by atoms with van der Waals surface area (Å²) in [6, 6.07) is 14.6. The van der Waals surface area contributed by atoms with Crippen LogP contribution in [0.1, 0.15) is 44.5 Å². The van der Waals surface area contributed by atoms with E-state index in [0.29, 0.717) is 23.6 Å². The topological polar surface area (TPSA) is 101 Å². The number of nitrogens with zero attached hydrogens (tertiary/aromatic N) is 5. The largest absolute Gasteiger partial charge is 0.465 e. The predicted molar refractivity (Wildman–Crippen MR) is 141 cm³/mol. The summed E-state index contributed by atoms with van der Waals surface area (Å²) in [5.41, 5.74) is 2.88. The Morgan fingerprint density at radius 1 is 1.00 bits per heavy atom. The molecule has 10 heteroatoms. The minimum Gasteiger partial charge on any atom is -0.465 e. The number of hydrogen-bond acceptors (Lipinski definition) is 5. The first-order valence-corrected chi connectivity index (χ1v) is 11.9. The van der Waals surface area contributed by atoms with Crippen molar-refractivity contribution in [1.82, 2.24) is 15.0 Å². The van der Waals surface area contributed by atoms with Crippen molar-refractivity contribution in [2.75, 3.05) is 23.0 Å².